The van der Waals surface area contributed by atoms with Gasteiger partial charge in [0, 0.05) is 18.0 Å². The maximum absolute atomic E-state index is 6.19. The number of thiophene rings is 1. The Bertz CT molecular complexity index is 676. The Morgan fingerprint density at radius 1 is 1.19 bits per heavy atom. The summed E-state index contributed by atoms with van der Waals surface area (Å²) in [5.41, 5.74) is 1.50. The van der Waals surface area contributed by atoms with E-state index in [-0.39, 0.29) is 0 Å². The summed E-state index contributed by atoms with van der Waals surface area (Å²) in [7, 11) is 0. The van der Waals surface area contributed by atoms with E-state index in [2.05, 4.69) is 21.8 Å². The third-order valence-corrected chi connectivity index (χ3v) is 6.08. The molecule has 1 atom stereocenters. The zero-order chi connectivity index (χ0) is 14.4. The van der Waals surface area contributed by atoms with E-state index in [1.165, 1.54) is 54.4 Å². The van der Waals surface area contributed by atoms with Gasteiger partial charge < -0.3 is 4.90 Å². The van der Waals surface area contributed by atoms with Crippen LogP contribution in [0.4, 0.5) is 5.82 Å². The standard InChI is InChI=1S/C16H20ClN3S/c1-10-5-6-11-12(9-10)21-15-13(11)14(18-16(17)19-15)20-7-3-2-4-8-20/h10H,2-9H2,1H3. The molecule has 2 aliphatic rings. The van der Waals surface area contributed by atoms with Crippen LogP contribution in [-0.4, -0.2) is 23.1 Å². The summed E-state index contributed by atoms with van der Waals surface area (Å²) in [6.45, 7) is 4.55. The number of halogens is 1. The average molecular weight is 322 g/mol. The predicted molar refractivity (Wildman–Crippen MR) is 89.7 cm³/mol. The first kappa shape index (κ1) is 13.8. The molecule has 112 valence electrons. The second-order valence-corrected chi connectivity index (χ2v) is 7.82. The van der Waals surface area contributed by atoms with E-state index in [4.69, 9.17) is 11.6 Å². The van der Waals surface area contributed by atoms with Crippen LogP contribution in [-0.2, 0) is 12.8 Å². The van der Waals surface area contributed by atoms with Crippen molar-refractivity contribution in [2.45, 2.75) is 45.4 Å². The zero-order valence-electron chi connectivity index (χ0n) is 12.4. The molecule has 1 aliphatic heterocycles. The Morgan fingerprint density at radius 3 is 2.81 bits per heavy atom. The molecule has 0 N–H and O–H groups in total. The third-order valence-electron chi connectivity index (χ3n) is 4.76. The fourth-order valence-electron chi connectivity index (χ4n) is 3.63. The van der Waals surface area contributed by atoms with E-state index in [0.29, 0.717) is 5.28 Å². The molecule has 21 heavy (non-hydrogen) atoms. The van der Waals surface area contributed by atoms with E-state index in [0.717, 1.165) is 29.7 Å². The van der Waals surface area contributed by atoms with Crippen molar-refractivity contribution >= 4 is 39.0 Å². The van der Waals surface area contributed by atoms with Gasteiger partial charge in [0.05, 0.1) is 5.39 Å². The Balaban J connectivity index is 1.88. The number of fused-ring (bicyclic) bond motifs is 3. The van der Waals surface area contributed by atoms with E-state index < -0.39 is 0 Å². The molecular formula is C16H20ClN3S. The Hall–Kier alpha value is -0.870. The Kier molecular flexibility index (Phi) is 3.54. The number of piperidine rings is 1. The van der Waals surface area contributed by atoms with Crippen LogP contribution in [0.15, 0.2) is 0 Å². The van der Waals surface area contributed by atoms with Gasteiger partial charge in [-0.1, -0.05) is 6.92 Å². The van der Waals surface area contributed by atoms with Crippen LogP contribution in [0.1, 0.15) is 43.0 Å². The Morgan fingerprint density at radius 2 is 2.00 bits per heavy atom. The maximum atomic E-state index is 6.19. The van der Waals surface area contributed by atoms with Gasteiger partial charge in [0.25, 0.3) is 0 Å². The molecule has 1 aliphatic carbocycles. The lowest BCUT2D eigenvalue weighted by atomic mass is 9.89. The van der Waals surface area contributed by atoms with E-state index >= 15 is 0 Å². The van der Waals surface area contributed by atoms with E-state index in [9.17, 15) is 0 Å². The van der Waals surface area contributed by atoms with E-state index in [1.807, 2.05) is 11.3 Å². The van der Waals surface area contributed by atoms with Crippen LogP contribution < -0.4 is 4.90 Å². The first-order chi connectivity index (χ1) is 10.2. The molecule has 1 saturated heterocycles. The molecule has 0 aromatic carbocycles. The molecule has 0 saturated carbocycles. The topological polar surface area (TPSA) is 29.0 Å². The predicted octanol–water partition coefficient (Wildman–Crippen LogP) is 4.46. The van der Waals surface area contributed by atoms with Gasteiger partial charge in [-0.05, 0) is 61.6 Å². The third kappa shape index (κ3) is 2.42. The number of hydrogen-bond donors (Lipinski definition) is 0. The van der Waals surface area contributed by atoms with Crippen molar-refractivity contribution in [2.24, 2.45) is 5.92 Å². The van der Waals surface area contributed by atoms with Gasteiger partial charge in [0.2, 0.25) is 5.28 Å². The zero-order valence-corrected chi connectivity index (χ0v) is 13.9. The minimum Gasteiger partial charge on any atom is -0.356 e. The van der Waals surface area contributed by atoms with Crippen LogP contribution in [0, 0.1) is 5.92 Å². The van der Waals surface area contributed by atoms with Gasteiger partial charge in [-0.3, -0.25) is 0 Å². The molecule has 0 amide bonds. The van der Waals surface area contributed by atoms with Gasteiger partial charge in [-0.25, -0.2) is 4.98 Å². The molecule has 0 bridgehead atoms. The molecule has 1 fully saturated rings. The summed E-state index contributed by atoms with van der Waals surface area (Å²) >= 11 is 8.03. The number of aromatic nitrogens is 2. The highest BCUT2D eigenvalue weighted by atomic mass is 35.5. The summed E-state index contributed by atoms with van der Waals surface area (Å²) < 4.78 is 0. The maximum Gasteiger partial charge on any atom is 0.225 e. The number of aryl methyl sites for hydroxylation is 1. The molecule has 0 spiro atoms. The highest BCUT2D eigenvalue weighted by Crippen LogP contribution is 2.41. The Labute approximate surface area is 134 Å². The number of nitrogens with zero attached hydrogens (tertiary/aromatic N) is 3. The summed E-state index contributed by atoms with van der Waals surface area (Å²) in [6, 6.07) is 0. The van der Waals surface area contributed by atoms with Crippen molar-refractivity contribution in [2.75, 3.05) is 18.0 Å². The largest absolute Gasteiger partial charge is 0.356 e. The second kappa shape index (κ2) is 5.40. The van der Waals surface area contributed by atoms with Crippen molar-refractivity contribution in [3.8, 4) is 0 Å². The fraction of sp³-hybridized carbons (Fsp3) is 0.625. The SMILES string of the molecule is CC1CCc2c(sc3nc(Cl)nc(N4CCCCC4)c23)C1. The average Bonchev–Trinajstić information content (AvgIpc) is 2.84. The molecule has 2 aromatic heterocycles. The van der Waals surface area contributed by atoms with Crippen molar-refractivity contribution < 1.29 is 0 Å². The number of rotatable bonds is 1. The molecule has 3 nitrogen and oxygen atoms in total. The van der Waals surface area contributed by atoms with Crippen molar-refractivity contribution in [1.82, 2.24) is 9.97 Å². The molecule has 4 rings (SSSR count). The minimum absolute atomic E-state index is 0.398. The summed E-state index contributed by atoms with van der Waals surface area (Å²) in [6.07, 6.45) is 7.48. The first-order valence-corrected chi connectivity index (χ1v) is 9.14. The highest BCUT2D eigenvalue weighted by Gasteiger charge is 2.26. The highest BCUT2D eigenvalue weighted by molar-refractivity contribution is 7.19. The molecular weight excluding hydrogens is 302 g/mol. The number of hydrogen-bond acceptors (Lipinski definition) is 4. The first-order valence-electron chi connectivity index (χ1n) is 7.95. The van der Waals surface area contributed by atoms with Gasteiger partial charge in [-0.15, -0.1) is 11.3 Å². The van der Waals surface area contributed by atoms with E-state index in [1.54, 1.807) is 0 Å². The minimum atomic E-state index is 0.398. The van der Waals surface area contributed by atoms with Crippen molar-refractivity contribution in [1.29, 1.82) is 0 Å². The lowest BCUT2D eigenvalue weighted by molar-refractivity contribution is 0.509. The lowest BCUT2D eigenvalue weighted by Gasteiger charge is -2.29. The summed E-state index contributed by atoms with van der Waals surface area (Å²) in [5, 5.41) is 1.70. The molecule has 5 heteroatoms. The fourth-order valence-corrected chi connectivity index (χ4v) is 5.22. The second-order valence-electron chi connectivity index (χ2n) is 6.40. The molecule has 0 radical (unpaired) electrons. The molecule has 1 unspecified atom stereocenters. The van der Waals surface area contributed by atoms with Crippen LogP contribution in [0.3, 0.4) is 0 Å². The summed E-state index contributed by atoms with van der Waals surface area (Å²) in [5.74, 6) is 1.88. The summed E-state index contributed by atoms with van der Waals surface area (Å²) in [4.78, 5) is 14.1. The number of anilines is 1. The van der Waals surface area contributed by atoms with Crippen LogP contribution in [0.5, 0.6) is 0 Å². The lowest BCUT2D eigenvalue weighted by Crippen LogP contribution is -2.30. The van der Waals surface area contributed by atoms with Crippen LogP contribution in [0.25, 0.3) is 10.2 Å². The van der Waals surface area contributed by atoms with Gasteiger partial charge in [0.1, 0.15) is 10.6 Å². The van der Waals surface area contributed by atoms with Gasteiger partial charge in [0.15, 0.2) is 0 Å². The molecule has 3 heterocycles. The normalized spacial score (nSPS) is 22.6. The van der Waals surface area contributed by atoms with Crippen molar-refractivity contribution in [3.63, 3.8) is 0 Å². The van der Waals surface area contributed by atoms with Gasteiger partial charge >= 0.3 is 0 Å². The quantitative estimate of drug-likeness (QED) is 0.726. The van der Waals surface area contributed by atoms with Crippen molar-refractivity contribution in [3.05, 3.63) is 15.7 Å². The van der Waals surface area contributed by atoms with Gasteiger partial charge in [-0.2, -0.15) is 4.98 Å². The smallest absolute Gasteiger partial charge is 0.225 e. The van der Waals surface area contributed by atoms with Crippen LogP contribution >= 0.6 is 22.9 Å². The monoisotopic (exact) mass is 321 g/mol. The van der Waals surface area contributed by atoms with Crippen LogP contribution in [0.2, 0.25) is 5.28 Å². The molecule has 2 aromatic rings.